The molecule has 0 saturated carbocycles. The maximum atomic E-state index is 11.1. The molecule has 0 saturated heterocycles. The third kappa shape index (κ3) is 4.12. The Morgan fingerprint density at radius 3 is 2.65 bits per heavy atom. The van der Waals surface area contributed by atoms with Crippen molar-refractivity contribution >= 4 is 45.2 Å². The second-order valence-electron chi connectivity index (χ2n) is 3.01. The van der Waals surface area contributed by atoms with Gasteiger partial charge in [0.1, 0.15) is 0 Å². The number of carbonyl (C=O) groups excluding carboxylic acids is 2. The number of imide groups is 1. The van der Waals surface area contributed by atoms with Crippen molar-refractivity contribution in [1.82, 2.24) is 5.32 Å². The number of ether oxygens (including phenoxy) is 1. The average Bonchev–Trinajstić information content (AvgIpc) is 2.14. The van der Waals surface area contributed by atoms with Gasteiger partial charge in [0.2, 0.25) is 0 Å². The van der Waals surface area contributed by atoms with E-state index in [0.717, 1.165) is 0 Å². The summed E-state index contributed by atoms with van der Waals surface area (Å²) in [6.45, 7) is -0.382. The molecular weight excluding hydrogens is 313 g/mol. The highest BCUT2D eigenvalue weighted by molar-refractivity contribution is 9.10. The number of benzene rings is 1. The molecule has 0 aliphatic rings. The minimum atomic E-state index is -0.943. The highest BCUT2D eigenvalue weighted by Crippen LogP contribution is 2.34. The second-order valence-corrected chi connectivity index (χ2v) is 4.30. The van der Waals surface area contributed by atoms with Crippen LogP contribution in [0.5, 0.6) is 5.75 Å². The molecular formula is C9H9BrClN3O3. The lowest BCUT2D eigenvalue weighted by molar-refractivity contribution is -0.121. The van der Waals surface area contributed by atoms with Gasteiger partial charge in [0, 0.05) is 5.02 Å². The van der Waals surface area contributed by atoms with Gasteiger partial charge in [-0.05, 0) is 28.1 Å². The Bertz CT molecular complexity index is 444. The van der Waals surface area contributed by atoms with Crippen LogP contribution < -0.4 is 21.5 Å². The zero-order valence-electron chi connectivity index (χ0n) is 8.50. The van der Waals surface area contributed by atoms with Crippen LogP contribution in [0.4, 0.5) is 10.5 Å². The first kappa shape index (κ1) is 13.6. The van der Waals surface area contributed by atoms with E-state index in [-0.39, 0.29) is 18.0 Å². The summed E-state index contributed by atoms with van der Waals surface area (Å²) in [5.41, 5.74) is 10.7. The molecule has 3 amide bonds. The van der Waals surface area contributed by atoms with Crippen LogP contribution in [0, 0.1) is 0 Å². The standard InChI is InChI=1S/C9H9BrClN3O3/c10-5-1-4(11)2-6(12)8(5)17-3-7(15)14-9(13)16/h1-2H,3,12H2,(H3,13,14,15,16). The number of nitrogens with one attached hydrogen (secondary N) is 1. The number of halogens is 2. The lowest BCUT2D eigenvalue weighted by Crippen LogP contribution is -2.38. The molecule has 0 bridgehead atoms. The number of hydrogen-bond donors (Lipinski definition) is 3. The molecule has 0 radical (unpaired) electrons. The highest BCUT2D eigenvalue weighted by atomic mass is 79.9. The number of nitrogens with two attached hydrogens (primary N) is 2. The van der Waals surface area contributed by atoms with Crippen LogP contribution in [0.3, 0.4) is 0 Å². The number of amides is 3. The molecule has 0 unspecified atom stereocenters. The molecule has 92 valence electrons. The summed E-state index contributed by atoms with van der Waals surface area (Å²) in [5.74, 6) is -0.396. The van der Waals surface area contributed by atoms with E-state index in [0.29, 0.717) is 9.50 Å². The fraction of sp³-hybridized carbons (Fsp3) is 0.111. The van der Waals surface area contributed by atoms with Crippen LogP contribution in [0.25, 0.3) is 0 Å². The molecule has 17 heavy (non-hydrogen) atoms. The molecule has 6 nitrogen and oxygen atoms in total. The molecule has 1 aromatic rings. The predicted octanol–water partition coefficient (Wildman–Crippen LogP) is 1.26. The summed E-state index contributed by atoms with van der Waals surface area (Å²) in [7, 11) is 0. The van der Waals surface area contributed by atoms with Crippen LogP contribution >= 0.6 is 27.5 Å². The molecule has 5 N–H and O–H groups in total. The van der Waals surface area contributed by atoms with Gasteiger partial charge in [-0.25, -0.2) is 4.79 Å². The molecule has 0 heterocycles. The van der Waals surface area contributed by atoms with E-state index >= 15 is 0 Å². The van der Waals surface area contributed by atoms with Crippen molar-refractivity contribution in [2.75, 3.05) is 12.3 Å². The van der Waals surface area contributed by atoms with Gasteiger partial charge in [0.05, 0.1) is 10.2 Å². The molecule has 1 aromatic carbocycles. The van der Waals surface area contributed by atoms with E-state index in [1.807, 2.05) is 5.32 Å². The maximum Gasteiger partial charge on any atom is 0.318 e. The second kappa shape index (κ2) is 5.74. The zero-order valence-corrected chi connectivity index (χ0v) is 10.8. The van der Waals surface area contributed by atoms with Gasteiger partial charge in [-0.3, -0.25) is 10.1 Å². The predicted molar refractivity (Wildman–Crippen MR) is 66.8 cm³/mol. The van der Waals surface area contributed by atoms with Crippen molar-refractivity contribution in [1.29, 1.82) is 0 Å². The van der Waals surface area contributed by atoms with Crippen molar-refractivity contribution in [2.45, 2.75) is 0 Å². The molecule has 0 aliphatic heterocycles. The van der Waals surface area contributed by atoms with Crippen molar-refractivity contribution in [3.05, 3.63) is 21.6 Å². The van der Waals surface area contributed by atoms with Gasteiger partial charge in [-0.2, -0.15) is 0 Å². The molecule has 0 aromatic heterocycles. The van der Waals surface area contributed by atoms with Crippen molar-refractivity contribution in [3.63, 3.8) is 0 Å². The normalized spacial score (nSPS) is 9.76. The summed E-state index contributed by atoms with van der Waals surface area (Å²) < 4.78 is 5.64. The molecule has 8 heteroatoms. The molecule has 0 spiro atoms. The van der Waals surface area contributed by atoms with E-state index in [4.69, 9.17) is 27.8 Å². The SMILES string of the molecule is NC(=O)NC(=O)COc1c(N)cc(Cl)cc1Br. The topological polar surface area (TPSA) is 107 Å². The minimum Gasteiger partial charge on any atom is -0.480 e. The number of nitrogen functional groups attached to an aromatic ring is 1. The van der Waals surface area contributed by atoms with Crippen LogP contribution in [0.1, 0.15) is 0 Å². The molecule has 0 aliphatic carbocycles. The lowest BCUT2D eigenvalue weighted by Gasteiger charge is -2.10. The molecule has 0 atom stereocenters. The summed E-state index contributed by atoms with van der Waals surface area (Å²) in [6.07, 6.45) is 0. The van der Waals surface area contributed by atoms with E-state index in [2.05, 4.69) is 15.9 Å². The Balaban J connectivity index is 2.70. The Hall–Kier alpha value is -1.47. The van der Waals surface area contributed by atoms with Crippen molar-refractivity contribution in [3.8, 4) is 5.75 Å². The fourth-order valence-electron chi connectivity index (χ4n) is 1.04. The fourth-order valence-corrected chi connectivity index (χ4v) is 1.99. The Labute approximate surface area is 110 Å². The van der Waals surface area contributed by atoms with Crippen LogP contribution in [-0.2, 0) is 4.79 Å². The van der Waals surface area contributed by atoms with Gasteiger partial charge in [-0.15, -0.1) is 0 Å². The number of hydrogen-bond acceptors (Lipinski definition) is 4. The first-order valence-corrected chi connectivity index (χ1v) is 5.54. The summed E-state index contributed by atoms with van der Waals surface area (Å²) in [4.78, 5) is 21.5. The van der Waals surface area contributed by atoms with E-state index in [1.165, 1.54) is 6.07 Å². The number of anilines is 1. The number of carbonyl (C=O) groups is 2. The highest BCUT2D eigenvalue weighted by Gasteiger charge is 2.11. The third-order valence-electron chi connectivity index (χ3n) is 1.65. The van der Waals surface area contributed by atoms with Gasteiger partial charge < -0.3 is 16.2 Å². The number of urea groups is 1. The molecule has 1 rings (SSSR count). The van der Waals surface area contributed by atoms with Crippen molar-refractivity contribution in [2.24, 2.45) is 5.73 Å². The van der Waals surface area contributed by atoms with Gasteiger partial charge in [0.25, 0.3) is 5.91 Å². The Morgan fingerprint density at radius 1 is 1.47 bits per heavy atom. The minimum absolute atomic E-state index is 0.272. The van der Waals surface area contributed by atoms with Crippen LogP contribution in [0.15, 0.2) is 16.6 Å². The first-order valence-electron chi connectivity index (χ1n) is 4.36. The largest absolute Gasteiger partial charge is 0.480 e. The maximum absolute atomic E-state index is 11.1. The monoisotopic (exact) mass is 321 g/mol. The summed E-state index contributed by atoms with van der Waals surface area (Å²) in [6, 6.07) is 2.11. The Morgan fingerprint density at radius 2 is 2.12 bits per heavy atom. The van der Waals surface area contributed by atoms with E-state index in [9.17, 15) is 9.59 Å². The van der Waals surface area contributed by atoms with Gasteiger partial charge >= 0.3 is 6.03 Å². The first-order chi connectivity index (χ1) is 7.90. The van der Waals surface area contributed by atoms with Crippen LogP contribution in [0.2, 0.25) is 5.02 Å². The summed E-state index contributed by atoms with van der Waals surface area (Å²) >= 11 is 8.93. The van der Waals surface area contributed by atoms with Crippen LogP contribution in [-0.4, -0.2) is 18.5 Å². The van der Waals surface area contributed by atoms with E-state index < -0.39 is 11.9 Å². The molecule has 0 fully saturated rings. The Kier molecular flexibility index (Phi) is 4.59. The number of rotatable bonds is 3. The average molecular weight is 323 g/mol. The van der Waals surface area contributed by atoms with Crippen molar-refractivity contribution < 1.29 is 14.3 Å². The smallest absolute Gasteiger partial charge is 0.318 e. The van der Waals surface area contributed by atoms with Gasteiger partial charge in [0.15, 0.2) is 12.4 Å². The zero-order chi connectivity index (χ0) is 13.0. The number of primary amides is 1. The van der Waals surface area contributed by atoms with E-state index in [1.54, 1.807) is 6.07 Å². The third-order valence-corrected chi connectivity index (χ3v) is 2.45. The lowest BCUT2D eigenvalue weighted by atomic mass is 10.3. The summed E-state index contributed by atoms with van der Waals surface area (Å²) in [5, 5.41) is 2.29. The van der Waals surface area contributed by atoms with Gasteiger partial charge in [-0.1, -0.05) is 11.6 Å². The quantitative estimate of drug-likeness (QED) is 0.728.